The monoisotopic (exact) mass is 315 g/mol. The predicted molar refractivity (Wildman–Crippen MR) is 82.8 cm³/mol. The van der Waals surface area contributed by atoms with E-state index in [9.17, 15) is 9.59 Å². The van der Waals surface area contributed by atoms with Crippen LogP contribution in [0.2, 0.25) is 0 Å². The van der Waals surface area contributed by atoms with Gasteiger partial charge in [-0.25, -0.2) is 4.98 Å². The second kappa shape index (κ2) is 6.07. The molecule has 1 fully saturated rings. The molecular formula is C15H13N3O3S. The fourth-order valence-electron chi connectivity index (χ4n) is 1.88. The lowest BCUT2D eigenvalue weighted by molar-refractivity contribution is -0.115. The summed E-state index contributed by atoms with van der Waals surface area (Å²) in [5.41, 5.74) is 2.21. The molecule has 0 spiro atoms. The Labute approximate surface area is 131 Å². The summed E-state index contributed by atoms with van der Waals surface area (Å²) in [5, 5.41) is 1.82. The number of hydrogen-bond donors (Lipinski definition) is 1. The molecule has 7 heteroatoms. The van der Waals surface area contributed by atoms with E-state index in [1.165, 1.54) is 16.4 Å². The van der Waals surface area contributed by atoms with Gasteiger partial charge in [0, 0.05) is 12.3 Å². The van der Waals surface area contributed by atoms with Crippen LogP contribution in [0.15, 0.2) is 41.6 Å². The summed E-state index contributed by atoms with van der Waals surface area (Å²) in [6, 6.07) is 8.01. The standard InChI is InChI=1S/C15H13N3O3S/c1-10-2-4-11(5-3-10)9-21-18-7-6-16-13(18)8-12-14(19)17-15(20)22-12/h2-8H,9H2,1H3,(H,17,19,20)/b12-8+. The van der Waals surface area contributed by atoms with E-state index >= 15 is 0 Å². The maximum absolute atomic E-state index is 11.5. The van der Waals surface area contributed by atoms with Crippen LogP contribution in [0.1, 0.15) is 17.0 Å². The van der Waals surface area contributed by atoms with Gasteiger partial charge in [-0.1, -0.05) is 29.8 Å². The molecule has 2 heterocycles. The van der Waals surface area contributed by atoms with Crippen LogP contribution < -0.4 is 10.2 Å². The molecule has 3 rings (SSSR count). The molecule has 2 amide bonds. The Morgan fingerprint density at radius 2 is 2.09 bits per heavy atom. The summed E-state index contributed by atoms with van der Waals surface area (Å²) in [5.74, 6) is 0.0440. The number of nitrogens with one attached hydrogen (secondary N) is 1. The van der Waals surface area contributed by atoms with Crippen LogP contribution in [0.5, 0.6) is 0 Å². The number of amides is 2. The number of carbonyl (C=O) groups excluding carboxylic acids is 2. The Bertz CT molecular complexity index is 750. The van der Waals surface area contributed by atoms with Crippen molar-refractivity contribution in [3.8, 4) is 0 Å². The average molecular weight is 315 g/mol. The van der Waals surface area contributed by atoms with Crippen molar-refractivity contribution in [1.82, 2.24) is 15.0 Å². The van der Waals surface area contributed by atoms with E-state index in [0.717, 1.165) is 17.3 Å². The quantitative estimate of drug-likeness (QED) is 0.875. The van der Waals surface area contributed by atoms with Gasteiger partial charge in [0.25, 0.3) is 11.1 Å². The van der Waals surface area contributed by atoms with E-state index in [0.29, 0.717) is 17.3 Å². The fraction of sp³-hybridized carbons (Fsp3) is 0.133. The van der Waals surface area contributed by atoms with Gasteiger partial charge in [-0.15, -0.1) is 0 Å². The summed E-state index contributed by atoms with van der Waals surface area (Å²) in [6.45, 7) is 2.40. The number of nitrogens with zero attached hydrogens (tertiary/aromatic N) is 2. The smallest absolute Gasteiger partial charge is 0.290 e. The minimum absolute atomic E-state index is 0.302. The van der Waals surface area contributed by atoms with E-state index in [-0.39, 0.29) is 5.24 Å². The Kier molecular flexibility index (Phi) is 3.97. The molecule has 0 unspecified atom stereocenters. The second-order valence-electron chi connectivity index (χ2n) is 4.72. The minimum Gasteiger partial charge on any atom is -0.408 e. The molecule has 1 aromatic heterocycles. The van der Waals surface area contributed by atoms with Crippen LogP contribution in [0.4, 0.5) is 4.79 Å². The van der Waals surface area contributed by atoms with E-state index in [4.69, 9.17) is 4.84 Å². The van der Waals surface area contributed by atoms with Gasteiger partial charge in [0.1, 0.15) is 6.61 Å². The zero-order valence-corrected chi connectivity index (χ0v) is 12.6. The highest BCUT2D eigenvalue weighted by Crippen LogP contribution is 2.24. The van der Waals surface area contributed by atoms with Crippen LogP contribution in [0, 0.1) is 6.92 Å². The van der Waals surface area contributed by atoms with Crippen LogP contribution in [0.3, 0.4) is 0 Å². The van der Waals surface area contributed by atoms with Crippen molar-refractivity contribution in [1.29, 1.82) is 0 Å². The molecule has 0 aliphatic carbocycles. The topological polar surface area (TPSA) is 73.2 Å². The van der Waals surface area contributed by atoms with Gasteiger partial charge >= 0.3 is 0 Å². The third-order valence-electron chi connectivity index (χ3n) is 3.03. The summed E-state index contributed by atoms with van der Waals surface area (Å²) < 4.78 is 1.48. The first-order valence-corrected chi connectivity index (χ1v) is 7.40. The molecule has 0 bridgehead atoms. The Hall–Kier alpha value is -2.54. The molecule has 0 atom stereocenters. The Morgan fingerprint density at radius 3 is 2.77 bits per heavy atom. The third kappa shape index (κ3) is 3.20. The van der Waals surface area contributed by atoms with Crippen molar-refractivity contribution >= 4 is 29.0 Å². The maximum Gasteiger partial charge on any atom is 0.290 e. The number of carbonyl (C=O) groups is 2. The molecule has 1 saturated heterocycles. The number of aryl methyl sites for hydroxylation is 1. The Morgan fingerprint density at radius 1 is 1.32 bits per heavy atom. The zero-order valence-electron chi connectivity index (χ0n) is 11.8. The van der Waals surface area contributed by atoms with Crippen LogP contribution in [0.25, 0.3) is 6.08 Å². The number of hydrogen-bond acceptors (Lipinski definition) is 5. The highest BCUT2D eigenvalue weighted by molar-refractivity contribution is 8.18. The number of imidazole rings is 1. The van der Waals surface area contributed by atoms with E-state index in [2.05, 4.69) is 10.3 Å². The molecule has 112 valence electrons. The van der Waals surface area contributed by atoms with Gasteiger partial charge < -0.3 is 4.84 Å². The predicted octanol–water partition coefficient (Wildman–Crippen LogP) is 2.14. The molecule has 22 heavy (non-hydrogen) atoms. The molecule has 6 nitrogen and oxygen atoms in total. The van der Waals surface area contributed by atoms with Crippen molar-refractivity contribution in [3.63, 3.8) is 0 Å². The average Bonchev–Trinajstić information content (AvgIpc) is 3.05. The van der Waals surface area contributed by atoms with Crippen molar-refractivity contribution in [2.24, 2.45) is 0 Å². The van der Waals surface area contributed by atoms with E-state index < -0.39 is 5.91 Å². The lowest BCUT2D eigenvalue weighted by atomic mass is 10.2. The molecule has 1 aromatic carbocycles. The number of rotatable bonds is 4. The van der Waals surface area contributed by atoms with Gasteiger partial charge in [-0.05, 0) is 24.2 Å². The highest BCUT2D eigenvalue weighted by Gasteiger charge is 2.25. The Balaban J connectivity index is 1.72. The highest BCUT2D eigenvalue weighted by atomic mass is 32.2. The zero-order chi connectivity index (χ0) is 15.5. The number of thioether (sulfide) groups is 1. The lowest BCUT2D eigenvalue weighted by Gasteiger charge is -2.08. The van der Waals surface area contributed by atoms with Crippen molar-refractivity contribution in [3.05, 3.63) is 58.5 Å². The van der Waals surface area contributed by atoms with Gasteiger partial charge in [0.15, 0.2) is 5.82 Å². The number of imide groups is 1. The van der Waals surface area contributed by atoms with Crippen molar-refractivity contribution < 1.29 is 14.4 Å². The number of aromatic nitrogens is 2. The molecule has 0 saturated carbocycles. The van der Waals surface area contributed by atoms with Crippen molar-refractivity contribution in [2.45, 2.75) is 13.5 Å². The van der Waals surface area contributed by atoms with Crippen molar-refractivity contribution in [2.75, 3.05) is 0 Å². The largest absolute Gasteiger partial charge is 0.408 e. The van der Waals surface area contributed by atoms with E-state index in [1.807, 2.05) is 31.2 Å². The first kappa shape index (κ1) is 14.4. The molecule has 1 N–H and O–H groups in total. The summed E-state index contributed by atoms with van der Waals surface area (Å²) in [6.07, 6.45) is 4.75. The fourth-order valence-corrected chi connectivity index (χ4v) is 2.53. The molecule has 2 aromatic rings. The molecule has 1 aliphatic heterocycles. The van der Waals surface area contributed by atoms with Gasteiger partial charge in [0.05, 0.1) is 11.1 Å². The lowest BCUT2D eigenvalue weighted by Crippen LogP contribution is -2.18. The van der Waals surface area contributed by atoms with E-state index in [1.54, 1.807) is 12.4 Å². The maximum atomic E-state index is 11.5. The number of benzene rings is 1. The van der Waals surface area contributed by atoms with Gasteiger partial charge in [0.2, 0.25) is 0 Å². The third-order valence-corrected chi connectivity index (χ3v) is 3.84. The normalized spacial score (nSPS) is 16.1. The van der Waals surface area contributed by atoms with Gasteiger partial charge in [-0.3, -0.25) is 14.9 Å². The minimum atomic E-state index is -0.414. The second-order valence-corrected chi connectivity index (χ2v) is 5.74. The van der Waals surface area contributed by atoms with Crippen LogP contribution >= 0.6 is 11.8 Å². The first-order valence-electron chi connectivity index (χ1n) is 6.59. The molecule has 0 radical (unpaired) electrons. The molecule has 1 aliphatic rings. The van der Waals surface area contributed by atoms with Crippen LogP contribution in [-0.2, 0) is 11.4 Å². The SMILES string of the molecule is Cc1ccc(COn2ccnc2/C=C2/SC(=O)NC2=O)cc1. The molecular weight excluding hydrogens is 302 g/mol. The summed E-state index contributed by atoms with van der Waals surface area (Å²) >= 11 is 0.849. The van der Waals surface area contributed by atoms with Gasteiger partial charge in [-0.2, -0.15) is 4.73 Å². The first-order chi connectivity index (χ1) is 10.6. The summed E-state index contributed by atoms with van der Waals surface area (Å²) in [7, 11) is 0. The van der Waals surface area contributed by atoms with Crippen LogP contribution in [-0.4, -0.2) is 20.9 Å². The summed E-state index contributed by atoms with van der Waals surface area (Å²) in [4.78, 5) is 32.8.